The standard InChI is InChI=1S/C20H11Cl2F3N4O/c21-12-5-1-6-13(22)15(12)19(30)27-14-7-3-9-29-16(11-4-2-8-26-10-11)17(20(23,24)25)28-18(14)29/h1-10H,(H,27,30). The molecule has 0 spiro atoms. The topological polar surface area (TPSA) is 59.3 Å². The van der Waals surface area contributed by atoms with E-state index in [1.165, 1.54) is 59.4 Å². The lowest BCUT2D eigenvalue weighted by molar-refractivity contribution is -0.140. The number of anilines is 1. The van der Waals surface area contributed by atoms with Crippen molar-refractivity contribution in [2.75, 3.05) is 5.32 Å². The molecule has 152 valence electrons. The van der Waals surface area contributed by atoms with Gasteiger partial charge in [-0.1, -0.05) is 29.3 Å². The van der Waals surface area contributed by atoms with Gasteiger partial charge in [0.2, 0.25) is 0 Å². The summed E-state index contributed by atoms with van der Waals surface area (Å²) in [5, 5.41) is 2.78. The molecule has 0 saturated heterocycles. The van der Waals surface area contributed by atoms with E-state index >= 15 is 0 Å². The first kappa shape index (κ1) is 20.2. The maximum atomic E-state index is 13.7. The second-order valence-electron chi connectivity index (χ2n) is 6.21. The van der Waals surface area contributed by atoms with E-state index in [4.69, 9.17) is 23.2 Å². The van der Waals surface area contributed by atoms with Crippen LogP contribution in [0.25, 0.3) is 16.9 Å². The van der Waals surface area contributed by atoms with Gasteiger partial charge >= 0.3 is 6.18 Å². The van der Waals surface area contributed by atoms with Crippen molar-refractivity contribution in [2.45, 2.75) is 6.18 Å². The molecule has 0 aliphatic carbocycles. The molecule has 3 aromatic heterocycles. The van der Waals surface area contributed by atoms with Crippen LogP contribution in [0.3, 0.4) is 0 Å². The molecule has 30 heavy (non-hydrogen) atoms. The first-order valence-electron chi connectivity index (χ1n) is 8.51. The van der Waals surface area contributed by atoms with Gasteiger partial charge in [0.15, 0.2) is 11.3 Å². The molecule has 0 saturated carbocycles. The molecule has 0 radical (unpaired) electrons. The van der Waals surface area contributed by atoms with Gasteiger partial charge in [0.25, 0.3) is 5.91 Å². The number of alkyl halides is 3. The Kier molecular flexibility index (Phi) is 5.13. The number of aromatic nitrogens is 3. The van der Waals surface area contributed by atoms with Gasteiger partial charge in [-0.15, -0.1) is 0 Å². The van der Waals surface area contributed by atoms with Gasteiger partial charge in [0, 0.05) is 24.2 Å². The molecule has 5 nitrogen and oxygen atoms in total. The van der Waals surface area contributed by atoms with Crippen LogP contribution in [0, 0.1) is 0 Å². The molecule has 0 atom stereocenters. The Labute approximate surface area is 178 Å². The maximum absolute atomic E-state index is 13.7. The molecule has 1 amide bonds. The molecule has 0 aliphatic rings. The number of fused-ring (bicyclic) bond motifs is 1. The van der Waals surface area contributed by atoms with Crippen LogP contribution in [0.5, 0.6) is 0 Å². The molecule has 0 fully saturated rings. The number of nitrogens with one attached hydrogen (secondary N) is 1. The normalized spacial score (nSPS) is 11.6. The van der Waals surface area contributed by atoms with E-state index in [1.54, 1.807) is 6.07 Å². The van der Waals surface area contributed by atoms with Gasteiger partial charge in [-0.3, -0.25) is 14.2 Å². The van der Waals surface area contributed by atoms with Crippen LogP contribution in [0.4, 0.5) is 18.9 Å². The van der Waals surface area contributed by atoms with E-state index in [9.17, 15) is 18.0 Å². The number of nitrogens with zero attached hydrogens (tertiary/aromatic N) is 3. The van der Waals surface area contributed by atoms with Crippen molar-refractivity contribution in [3.05, 3.63) is 82.4 Å². The Morgan fingerprint density at radius 2 is 1.77 bits per heavy atom. The number of rotatable bonds is 3. The number of halogens is 5. The zero-order valence-electron chi connectivity index (χ0n) is 14.9. The molecule has 10 heteroatoms. The summed E-state index contributed by atoms with van der Waals surface area (Å²) in [6.45, 7) is 0. The third-order valence-corrected chi connectivity index (χ3v) is 4.92. The van der Waals surface area contributed by atoms with Crippen molar-refractivity contribution in [3.8, 4) is 11.3 Å². The summed E-state index contributed by atoms with van der Waals surface area (Å²) in [5.74, 6) is -0.668. The number of carbonyl (C=O) groups excluding carboxylic acids is 1. The summed E-state index contributed by atoms with van der Waals surface area (Å²) >= 11 is 12.1. The molecular formula is C20H11Cl2F3N4O. The zero-order chi connectivity index (χ0) is 21.5. The van der Waals surface area contributed by atoms with Gasteiger partial charge in [-0.2, -0.15) is 13.2 Å². The third kappa shape index (κ3) is 3.59. The first-order valence-corrected chi connectivity index (χ1v) is 9.27. The fourth-order valence-electron chi connectivity index (χ4n) is 3.04. The van der Waals surface area contributed by atoms with Crippen molar-refractivity contribution in [1.29, 1.82) is 0 Å². The fraction of sp³-hybridized carbons (Fsp3) is 0.0500. The van der Waals surface area contributed by atoms with Crippen LogP contribution in [0.2, 0.25) is 10.0 Å². The highest BCUT2D eigenvalue weighted by Crippen LogP contribution is 2.38. The van der Waals surface area contributed by atoms with Gasteiger partial charge in [-0.05, 0) is 36.4 Å². The van der Waals surface area contributed by atoms with Crippen molar-refractivity contribution in [2.24, 2.45) is 0 Å². The molecule has 0 aliphatic heterocycles. The van der Waals surface area contributed by atoms with Gasteiger partial charge < -0.3 is 5.32 Å². The first-order chi connectivity index (χ1) is 14.3. The Hall–Kier alpha value is -3.10. The van der Waals surface area contributed by atoms with E-state index in [0.717, 1.165) is 0 Å². The minimum Gasteiger partial charge on any atom is -0.319 e. The number of carbonyl (C=O) groups is 1. The lowest BCUT2D eigenvalue weighted by atomic mass is 10.1. The van der Waals surface area contributed by atoms with Gasteiger partial charge in [0.1, 0.15) is 0 Å². The highest BCUT2D eigenvalue weighted by molar-refractivity contribution is 6.40. The second-order valence-corrected chi connectivity index (χ2v) is 7.03. The minimum atomic E-state index is -4.72. The van der Waals surface area contributed by atoms with E-state index in [2.05, 4.69) is 15.3 Å². The summed E-state index contributed by atoms with van der Waals surface area (Å²) in [7, 11) is 0. The second kappa shape index (κ2) is 7.62. The average molecular weight is 451 g/mol. The number of hydrogen-bond acceptors (Lipinski definition) is 3. The number of imidazole rings is 1. The van der Waals surface area contributed by atoms with E-state index in [0.29, 0.717) is 0 Å². The van der Waals surface area contributed by atoms with E-state index in [1.807, 2.05) is 0 Å². The smallest absolute Gasteiger partial charge is 0.319 e. The summed E-state index contributed by atoms with van der Waals surface area (Å²) in [6, 6.07) is 10.5. The Balaban J connectivity index is 1.87. The predicted molar refractivity (Wildman–Crippen MR) is 108 cm³/mol. The largest absolute Gasteiger partial charge is 0.435 e. The molecular weight excluding hydrogens is 440 g/mol. The summed E-state index contributed by atoms with van der Waals surface area (Å²) in [4.78, 5) is 20.4. The molecule has 3 heterocycles. The van der Waals surface area contributed by atoms with Crippen molar-refractivity contribution in [1.82, 2.24) is 14.4 Å². The molecule has 1 aromatic carbocycles. The molecule has 0 unspecified atom stereocenters. The average Bonchev–Trinajstić information content (AvgIpc) is 3.10. The van der Waals surface area contributed by atoms with Crippen molar-refractivity contribution in [3.63, 3.8) is 0 Å². The zero-order valence-corrected chi connectivity index (χ0v) is 16.4. The van der Waals surface area contributed by atoms with Crippen molar-refractivity contribution < 1.29 is 18.0 Å². The van der Waals surface area contributed by atoms with Gasteiger partial charge in [-0.25, -0.2) is 4.98 Å². The molecule has 4 rings (SSSR count). The molecule has 0 bridgehead atoms. The van der Waals surface area contributed by atoms with E-state index < -0.39 is 17.8 Å². The Morgan fingerprint density at radius 1 is 1.03 bits per heavy atom. The van der Waals surface area contributed by atoms with Crippen LogP contribution in [0.15, 0.2) is 61.1 Å². The number of amides is 1. The Bertz CT molecular complexity index is 1240. The summed E-state index contributed by atoms with van der Waals surface area (Å²) in [6.07, 6.45) is -0.519. The number of pyridine rings is 2. The van der Waals surface area contributed by atoms with Crippen molar-refractivity contribution >= 4 is 40.4 Å². The SMILES string of the molecule is O=C(Nc1cccn2c(-c3cccnc3)c(C(F)(F)F)nc12)c1c(Cl)cccc1Cl. The highest BCUT2D eigenvalue weighted by atomic mass is 35.5. The quantitative estimate of drug-likeness (QED) is 0.417. The van der Waals surface area contributed by atoms with E-state index in [-0.39, 0.29) is 38.2 Å². The fourth-order valence-corrected chi connectivity index (χ4v) is 3.61. The predicted octanol–water partition coefficient (Wildman–Crippen LogP) is 5.97. The van der Waals surface area contributed by atoms with Crippen LogP contribution in [0.1, 0.15) is 16.1 Å². The van der Waals surface area contributed by atoms with Crippen LogP contribution >= 0.6 is 23.2 Å². The van der Waals surface area contributed by atoms with Crippen LogP contribution in [-0.4, -0.2) is 20.3 Å². The number of hydrogen-bond donors (Lipinski definition) is 1. The highest BCUT2D eigenvalue weighted by Gasteiger charge is 2.38. The Morgan fingerprint density at radius 3 is 2.40 bits per heavy atom. The van der Waals surface area contributed by atoms with Gasteiger partial charge in [0.05, 0.1) is 27.0 Å². The minimum absolute atomic E-state index is 0.0120. The van der Waals surface area contributed by atoms with Crippen LogP contribution in [-0.2, 0) is 6.18 Å². The lowest BCUT2D eigenvalue weighted by Crippen LogP contribution is -2.14. The summed E-state index contributed by atoms with van der Waals surface area (Å²) < 4.78 is 42.4. The lowest BCUT2D eigenvalue weighted by Gasteiger charge is -2.10. The molecule has 4 aromatic rings. The third-order valence-electron chi connectivity index (χ3n) is 4.29. The monoisotopic (exact) mass is 450 g/mol. The number of benzene rings is 1. The summed E-state index contributed by atoms with van der Waals surface area (Å²) in [5.41, 5.74) is -1.04. The maximum Gasteiger partial charge on any atom is 0.435 e. The van der Waals surface area contributed by atoms with Crippen LogP contribution < -0.4 is 5.32 Å². The molecule has 1 N–H and O–H groups in total.